The highest BCUT2D eigenvalue weighted by Crippen LogP contribution is 2.26. The number of fused-ring (bicyclic) bond motifs is 2. The van der Waals surface area contributed by atoms with Gasteiger partial charge in [-0.3, -0.25) is 4.79 Å². The van der Waals surface area contributed by atoms with Gasteiger partial charge in [0.05, 0.1) is 6.54 Å². The molecule has 0 fully saturated rings. The molecule has 0 radical (unpaired) electrons. The number of para-hydroxylation sites is 1. The van der Waals surface area contributed by atoms with Crippen molar-refractivity contribution in [2.75, 3.05) is 13.1 Å². The van der Waals surface area contributed by atoms with Crippen LogP contribution in [0.4, 0.5) is 0 Å². The highest BCUT2D eigenvalue weighted by atomic mass is 16.3. The quantitative estimate of drug-likeness (QED) is 0.539. The molecule has 0 atom stereocenters. The molecule has 6 heteroatoms. The van der Waals surface area contributed by atoms with Gasteiger partial charge in [0.15, 0.2) is 11.6 Å². The van der Waals surface area contributed by atoms with E-state index in [0.29, 0.717) is 31.8 Å². The van der Waals surface area contributed by atoms with Crippen molar-refractivity contribution in [2.24, 2.45) is 0 Å². The van der Waals surface area contributed by atoms with Gasteiger partial charge >= 0.3 is 0 Å². The highest BCUT2D eigenvalue weighted by molar-refractivity contribution is 5.98. The molecule has 0 bridgehead atoms. The number of benzene rings is 2. The van der Waals surface area contributed by atoms with Gasteiger partial charge in [-0.15, -0.1) is 0 Å². The van der Waals surface area contributed by atoms with Crippen LogP contribution in [-0.2, 0) is 19.4 Å². The smallest absolute Gasteiger partial charge is 0.289 e. The van der Waals surface area contributed by atoms with Crippen molar-refractivity contribution < 1.29 is 9.21 Å². The van der Waals surface area contributed by atoms with Crippen LogP contribution in [0.5, 0.6) is 0 Å². The fraction of sp³-hybridized carbons (Fsp3) is 0.261. The van der Waals surface area contributed by atoms with Crippen molar-refractivity contribution in [1.29, 1.82) is 0 Å². The van der Waals surface area contributed by atoms with E-state index in [9.17, 15) is 4.79 Å². The molecule has 0 N–H and O–H groups in total. The van der Waals surface area contributed by atoms with Gasteiger partial charge in [0.2, 0.25) is 0 Å². The fourth-order valence-electron chi connectivity index (χ4n) is 3.93. The molecule has 0 saturated heterocycles. The lowest BCUT2D eigenvalue weighted by Gasteiger charge is -2.18. The summed E-state index contributed by atoms with van der Waals surface area (Å²) < 4.78 is 7.81. The minimum absolute atomic E-state index is 0.0611. The average Bonchev–Trinajstić information content (AvgIpc) is 3.22. The second-order valence-electron chi connectivity index (χ2n) is 7.42. The number of aromatic nitrogens is 3. The number of aryl methyl sites for hydroxylation is 1. The molecule has 2 aromatic heterocycles. The number of rotatable bonds is 3. The first-order valence-corrected chi connectivity index (χ1v) is 9.93. The van der Waals surface area contributed by atoms with Gasteiger partial charge in [0.1, 0.15) is 11.4 Å². The maximum Gasteiger partial charge on any atom is 0.289 e. The number of carbonyl (C=O) groups is 1. The zero-order valence-electron chi connectivity index (χ0n) is 16.3. The van der Waals surface area contributed by atoms with E-state index in [-0.39, 0.29) is 5.91 Å². The molecule has 4 aromatic rings. The Morgan fingerprint density at radius 3 is 2.66 bits per heavy atom. The Hall–Kier alpha value is -3.41. The first-order valence-electron chi connectivity index (χ1n) is 9.93. The van der Waals surface area contributed by atoms with Gasteiger partial charge in [0, 0.05) is 36.9 Å². The van der Waals surface area contributed by atoms with Crippen molar-refractivity contribution in [3.63, 3.8) is 0 Å². The van der Waals surface area contributed by atoms with E-state index in [0.717, 1.165) is 34.6 Å². The third kappa shape index (κ3) is 3.31. The number of amides is 1. The van der Waals surface area contributed by atoms with E-state index in [1.165, 1.54) is 5.56 Å². The summed E-state index contributed by atoms with van der Waals surface area (Å²) in [7, 11) is 0. The molecule has 1 aliphatic heterocycles. The van der Waals surface area contributed by atoms with Crippen LogP contribution in [0, 0.1) is 6.92 Å². The lowest BCUT2D eigenvalue weighted by molar-refractivity contribution is 0.0727. The van der Waals surface area contributed by atoms with Crippen molar-refractivity contribution in [3.8, 4) is 0 Å². The summed E-state index contributed by atoms with van der Waals surface area (Å²) in [5.41, 5.74) is 2.85. The lowest BCUT2D eigenvalue weighted by Crippen LogP contribution is -2.33. The molecule has 0 saturated carbocycles. The second kappa shape index (κ2) is 7.20. The van der Waals surface area contributed by atoms with E-state index in [4.69, 9.17) is 9.40 Å². The zero-order chi connectivity index (χ0) is 19.8. The van der Waals surface area contributed by atoms with Gasteiger partial charge in [0.25, 0.3) is 5.91 Å². The van der Waals surface area contributed by atoms with Gasteiger partial charge in [-0.1, -0.05) is 48.5 Å². The largest absolute Gasteiger partial charge is 0.451 e. The molecule has 1 amide bonds. The molecular weight excluding hydrogens is 364 g/mol. The fourth-order valence-corrected chi connectivity index (χ4v) is 3.93. The van der Waals surface area contributed by atoms with E-state index in [1.54, 1.807) is 0 Å². The normalized spacial score (nSPS) is 14.0. The first kappa shape index (κ1) is 17.7. The van der Waals surface area contributed by atoms with Crippen LogP contribution in [0.1, 0.15) is 33.3 Å². The van der Waals surface area contributed by atoms with Crippen LogP contribution in [0.25, 0.3) is 11.0 Å². The predicted octanol–water partition coefficient (Wildman–Crippen LogP) is 3.62. The van der Waals surface area contributed by atoms with Crippen molar-refractivity contribution in [2.45, 2.75) is 26.3 Å². The lowest BCUT2D eigenvalue weighted by atomic mass is 10.1. The molecule has 2 aromatic carbocycles. The van der Waals surface area contributed by atoms with Crippen LogP contribution in [0.15, 0.2) is 59.0 Å². The van der Waals surface area contributed by atoms with E-state index in [2.05, 4.69) is 17.2 Å². The number of furan rings is 1. The summed E-state index contributed by atoms with van der Waals surface area (Å²) in [6.07, 6.45) is 1.41. The Labute approximate surface area is 168 Å². The topological polar surface area (TPSA) is 64.2 Å². The van der Waals surface area contributed by atoms with Crippen LogP contribution < -0.4 is 0 Å². The molecule has 3 heterocycles. The number of carbonyl (C=O) groups excluding carboxylic acids is 1. The molecule has 5 rings (SSSR count). The third-order valence-electron chi connectivity index (χ3n) is 5.51. The third-order valence-corrected chi connectivity index (χ3v) is 5.51. The summed E-state index contributed by atoms with van der Waals surface area (Å²) in [6, 6.07) is 18.0. The van der Waals surface area contributed by atoms with Crippen LogP contribution in [0.3, 0.4) is 0 Å². The average molecular weight is 386 g/mol. The molecule has 6 nitrogen and oxygen atoms in total. The Bertz CT molecular complexity index is 1150. The highest BCUT2D eigenvalue weighted by Gasteiger charge is 2.26. The molecule has 0 spiro atoms. The number of nitrogens with zero attached hydrogens (tertiary/aromatic N) is 4. The van der Waals surface area contributed by atoms with Gasteiger partial charge in [-0.05, 0) is 18.6 Å². The Balaban J connectivity index is 1.32. The Morgan fingerprint density at radius 2 is 1.83 bits per heavy atom. The summed E-state index contributed by atoms with van der Waals surface area (Å²) in [6.45, 7) is 3.79. The minimum Gasteiger partial charge on any atom is -0.451 e. The standard InChI is InChI=1S/C23H22N4O2/c1-16-18-9-5-6-10-19(18)29-22(16)23(28)26-12-11-21-24-20(25-27(21)14-13-26)15-17-7-3-2-4-8-17/h2-10H,11-15H2,1H3. The molecule has 0 unspecified atom stereocenters. The van der Waals surface area contributed by atoms with Crippen molar-refractivity contribution >= 4 is 16.9 Å². The van der Waals surface area contributed by atoms with Crippen molar-refractivity contribution in [3.05, 3.63) is 83.1 Å². The van der Waals surface area contributed by atoms with E-state index in [1.807, 2.05) is 59.0 Å². The number of hydrogen-bond acceptors (Lipinski definition) is 4. The number of hydrogen-bond donors (Lipinski definition) is 0. The molecular formula is C23H22N4O2. The van der Waals surface area contributed by atoms with Gasteiger partial charge in [-0.25, -0.2) is 9.67 Å². The maximum absolute atomic E-state index is 13.1. The van der Waals surface area contributed by atoms with Gasteiger partial charge < -0.3 is 9.32 Å². The minimum atomic E-state index is -0.0611. The summed E-state index contributed by atoms with van der Waals surface area (Å²) in [5.74, 6) is 2.14. The molecule has 29 heavy (non-hydrogen) atoms. The maximum atomic E-state index is 13.1. The Kier molecular flexibility index (Phi) is 4.39. The van der Waals surface area contributed by atoms with Crippen LogP contribution >= 0.6 is 0 Å². The molecule has 1 aliphatic rings. The monoisotopic (exact) mass is 386 g/mol. The van der Waals surface area contributed by atoms with Crippen LogP contribution in [-0.4, -0.2) is 38.7 Å². The zero-order valence-corrected chi connectivity index (χ0v) is 16.3. The van der Waals surface area contributed by atoms with E-state index < -0.39 is 0 Å². The predicted molar refractivity (Wildman–Crippen MR) is 110 cm³/mol. The first-order chi connectivity index (χ1) is 14.2. The summed E-state index contributed by atoms with van der Waals surface area (Å²) >= 11 is 0. The summed E-state index contributed by atoms with van der Waals surface area (Å²) in [5, 5.41) is 5.66. The Morgan fingerprint density at radius 1 is 1.03 bits per heavy atom. The van der Waals surface area contributed by atoms with Gasteiger partial charge in [-0.2, -0.15) is 5.10 Å². The molecule has 146 valence electrons. The van der Waals surface area contributed by atoms with Crippen molar-refractivity contribution in [1.82, 2.24) is 19.7 Å². The SMILES string of the molecule is Cc1c(C(=O)N2CCc3nc(Cc4ccccc4)nn3CC2)oc2ccccc12. The summed E-state index contributed by atoms with van der Waals surface area (Å²) in [4.78, 5) is 19.7. The van der Waals surface area contributed by atoms with Crippen LogP contribution in [0.2, 0.25) is 0 Å². The molecule has 0 aliphatic carbocycles. The van der Waals surface area contributed by atoms with E-state index >= 15 is 0 Å². The second-order valence-corrected chi connectivity index (χ2v) is 7.42.